The van der Waals surface area contributed by atoms with Crippen molar-refractivity contribution >= 4 is 39.9 Å². The maximum atomic E-state index is 13.2. The highest BCUT2D eigenvalue weighted by molar-refractivity contribution is 14.1. The molecule has 0 aliphatic carbocycles. The molecule has 3 rings (SSSR count). The molecule has 0 bridgehead atoms. The number of nitrogens with one attached hydrogen (secondary N) is 1. The predicted octanol–water partition coefficient (Wildman–Crippen LogP) is 3.83. The van der Waals surface area contributed by atoms with Gasteiger partial charge in [0, 0.05) is 28.0 Å². The molecule has 1 amide bonds. The second-order valence-electron chi connectivity index (χ2n) is 5.67. The van der Waals surface area contributed by atoms with E-state index in [1.165, 1.54) is 12.1 Å². The fourth-order valence-electron chi connectivity index (χ4n) is 2.73. The molecule has 2 aromatic carbocycles. The van der Waals surface area contributed by atoms with Gasteiger partial charge in [0.1, 0.15) is 5.82 Å². The number of ether oxygens (including phenoxy) is 1. The standard InChI is InChI=1S/C18H18FIN2O2/c1-12-10-13(19)2-4-16(12)21-18(23)15-11-14(20)3-5-17(15)22-6-8-24-9-7-22/h2-5,10-11H,6-9H2,1H3,(H,21,23). The van der Waals surface area contributed by atoms with Crippen LogP contribution in [0.5, 0.6) is 0 Å². The Morgan fingerprint density at radius 2 is 1.96 bits per heavy atom. The summed E-state index contributed by atoms with van der Waals surface area (Å²) in [5, 5.41) is 2.89. The van der Waals surface area contributed by atoms with Crippen molar-refractivity contribution < 1.29 is 13.9 Å². The van der Waals surface area contributed by atoms with Gasteiger partial charge in [-0.25, -0.2) is 4.39 Å². The number of aryl methyl sites for hydroxylation is 1. The summed E-state index contributed by atoms with van der Waals surface area (Å²) in [4.78, 5) is 15.0. The molecule has 4 nitrogen and oxygen atoms in total. The highest BCUT2D eigenvalue weighted by Crippen LogP contribution is 2.26. The number of amides is 1. The Labute approximate surface area is 154 Å². The smallest absolute Gasteiger partial charge is 0.257 e. The number of morpholine rings is 1. The predicted molar refractivity (Wildman–Crippen MR) is 101 cm³/mol. The molecule has 1 saturated heterocycles. The molecular formula is C18H18FIN2O2. The van der Waals surface area contributed by atoms with Crippen LogP contribution in [0, 0.1) is 16.3 Å². The van der Waals surface area contributed by atoms with Gasteiger partial charge in [-0.15, -0.1) is 0 Å². The van der Waals surface area contributed by atoms with E-state index in [4.69, 9.17) is 4.74 Å². The van der Waals surface area contributed by atoms with Crippen LogP contribution < -0.4 is 10.2 Å². The van der Waals surface area contributed by atoms with Crippen molar-refractivity contribution in [3.8, 4) is 0 Å². The Balaban J connectivity index is 1.89. The van der Waals surface area contributed by atoms with Crippen LogP contribution in [0.3, 0.4) is 0 Å². The van der Waals surface area contributed by atoms with E-state index >= 15 is 0 Å². The maximum Gasteiger partial charge on any atom is 0.257 e. The summed E-state index contributed by atoms with van der Waals surface area (Å²) < 4.78 is 19.6. The highest BCUT2D eigenvalue weighted by atomic mass is 127. The van der Waals surface area contributed by atoms with Crippen molar-refractivity contribution in [2.75, 3.05) is 36.5 Å². The minimum absolute atomic E-state index is 0.190. The van der Waals surface area contributed by atoms with Crippen molar-refractivity contribution in [3.63, 3.8) is 0 Å². The zero-order chi connectivity index (χ0) is 17.1. The van der Waals surface area contributed by atoms with Crippen LogP contribution in [0.2, 0.25) is 0 Å². The van der Waals surface area contributed by atoms with Gasteiger partial charge in [-0.05, 0) is 71.5 Å². The molecule has 24 heavy (non-hydrogen) atoms. The van der Waals surface area contributed by atoms with E-state index in [-0.39, 0.29) is 11.7 Å². The average molecular weight is 440 g/mol. The lowest BCUT2D eigenvalue weighted by atomic mass is 10.1. The van der Waals surface area contributed by atoms with Gasteiger partial charge in [0.25, 0.3) is 5.91 Å². The van der Waals surface area contributed by atoms with E-state index in [0.717, 1.165) is 22.3 Å². The molecule has 0 atom stereocenters. The van der Waals surface area contributed by atoms with Crippen molar-refractivity contribution in [1.82, 2.24) is 0 Å². The minimum atomic E-state index is -0.311. The van der Waals surface area contributed by atoms with Crippen LogP contribution in [-0.2, 0) is 4.74 Å². The van der Waals surface area contributed by atoms with E-state index in [0.29, 0.717) is 30.0 Å². The fourth-order valence-corrected chi connectivity index (χ4v) is 3.22. The normalized spacial score (nSPS) is 14.5. The highest BCUT2D eigenvalue weighted by Gasteiger charge is 2.19. The van der Waals surface area contributed by atoms with Gasteiger partial charge in [-0.1, -0.05) is 0 Å². The van der Waals surface area contributed by atoms with E-state index < -0.39 is 0 Å². The lowest BCUT2D eigenvalue weighted by Crippen LogP contribution is -2.37. The number of anilines is 2. The molecule has 6 heteroatoms. The summed E-state index contributed by atoms with van der Waals surface area (Å²) >= 11 is 2.20. The van der Waals surface area contributed by atoms with Crippen LogP contribution in [0.1, 0.15) is 15.9 Å². The first-order valence-electron chi connectivity index (χ1n) is 7.74. The summed E-state index contributed by atoms with van der Waals surface area (Å²) in [6, 6.07) is 10.2. The summed E-state index contributed by atoms with van der Waals surface area (Å²) in [5.41, 5.74) is 2.83. The van der Waals surface area contributed by atoms with Gasteiger partial charge in [-0.3, -0.25) is 4.79 Å². The number of carbonyl (C=O) groups is 1. The molecule has 1 aliphatic rings. The molecular weight excluding hydrogens is 422 g/mol. The lowest BCUT2D eigenvalue weighted by molar-refractivity contribution is 0.102. The maximum absolute atomic E-state index is 13.2. The van der Waals surface area contributed by atoms with Gasteiger partial charge in [0.2, 0.25) is 0 Å². The molecule has 0 aromatic heterocycles. The molecule has 1 N–H and O–H groups in total. The van der Waals surface area contributed by atoms with Crippen molar-refractivity contribution in [2.45, 2.75) is 6.92 Å². The zero-order valence-corrected chi connectivity index (χ0v) is 15.5. The number of halogens is 2. The quantitative estimate of drug-likeness (QED) is 0.738. The monoisotopic (exact) mass is 440 g/mol. The molecule has 2 aromatic rings. The van der Waals surface area contributed by atoms with Gasteiger partial charge in [-0.2, -0.15) is 0 Å². The fraction of sp³-hybridized carbons (Fsp3) is 0.278. The van der Waals surface area contributed by atoms with Crippen LogP contribution in [0.25, 0.3) is 0 Å². The van der Waals surface area contributed by atoms with E-state index in [9.17, 15) is 9.18 Å². The third-order valence-corrected chi connectivity index (χ3v) is 4.66. The molecule has 0 unspecified atom stereocenters. The van der Waals surface area contributed by atoms with Crippen molar-refractivity contribution in [3.05, 3.63) is 56.9 Å². The summed E-state index contributed by atoms with van der Waals surface area (Å²) in [5.74, 6) is -0.501. The van der Waals surface area contributed by atoms with Gasteiger partial charge in [0.05, 0.1) is 18.8 Å². The van der Waals surface area contributed by atoms with Gasteiger partial charge >= 0.3 is 0 Å². The molecule has 0 saturated carbocycles. The Morgan fingerprint density at radius 3 is 2.67 bits per heavy atom. The van der Waals surface area contributed by atoms with E-state index in [1.54, 1.807) is 13.0 Å². The van der Waals surface area contributed by atoms with Crippen LogP contribution in [-0.4, -0.2) is 32.2 Å². The SMILES string of the molecule is Cc1cc(F)ccc1NC(=O)c1cc(I)ccc1N1CCOCC1. The number of carbonyl (C=O) groups excluding carboxylic acids is 1. The zero-order valence-electron chi connectivity index (χ0n) is 13.3. The Kier molecular flexibility index (Phi) is 5.35. The lowest BCUT2D eigenvalue weighted by Gasteiger charge is -2.30. The van der Waals surface area contributed by atoms with Crippen molar-refractivity contribution in [2.24, 2.45) is 0 Å². The minimum Gasteiger partial charge on any atom is -0.378 e. The van der Waals surface area contributed by atoms with Crippen LogP contribution in [0.15, 0.2) is 36.4 Å². The Morgan fingerprint density at radius 1 is 1.21 bits per heavy atom. The number of rotatable bonds is 3. The second kappa shape index (κ2) is 7.48. The van der Waals surface area contributed by atoms with Gasteiger partial charge in [0.15, 0.2) is 0 Å². The molecule has 1 aliphatic heterocycles. The largest absolute Gasteiger partial charge is 0.378 e. The number of nitrogens with zero attached hydrogens (tertiary/aromatic N) is 1. The Hall–Kier alpha value is -1.67. The van der Waals surface area contributed by atoms with E-state index in [2.05, 4.69) is 32.8 Å². The third kappa shape index (κ3) is 3.87. The summed E-state index contributed by atoms with van der Waals surface area (Å²) in [6.07, 6.45) is 0. The average Bonchev–Trinajstić information content (AvgIpc) is 2.58. The number of hydrogen-bond acceptors (Lipinski definition) is 3. The number of benzene rings is 2. The van der Waals surface area contributed by atoms with Gasteiger partial charge < -0.3 is 15.0 Å². The number of hydrogen-bond donors (Lipinski definition) is 1. The molecule has 1 heterocycles. The van der Waals surface area contributed by atoms with E-state index in [1.807, 2.05) is 18.2 Å². The topological polar surface area (TPSA) is 41.6 Å². The van der Waals surface area contributed by atoms with Crippen LogP contribution >= 0.6 is 22.6 Å². The molecule has 0 spiro atoms. The molecule has 0 radical (unpaired) electrons. The molecule has 1 fully saturated rings. The first kappa shape index (κ1) is 17.2. The first-order valence-corrected chi connectivity index (χ1v) is 8.82. The third-order valence-electron chi connectivity index (χ3n) is 3.99. The van der Waals surface area contributed by atoms with Crippen molar-refractivity contribution in [1.29, 1.82) is 0 Å². The first-order chi connectivity index (χ1) is 11.5. The second-order valence-corrected chi connectivity index (χ2v) is 6.92. The summed E-state index contributed by atoms with van der Waals surface area (Å²) in [6.45, 7) is 4.61. The Bertz CT molecular complexity index is 761. The summed E-state index contributed by atoms with van der Waals surface area (Å²) in [7, 11) is 0. The molecule has 126 valence electrons. The van der Waals surface area contributed by atoms with Crippen LogP contribution in [0.4, 0.5) is 15.8 Å².